The smallest absolute Gasteiger partial charge is 0.238 e. The Morgan fingerprint density at radius 3 is 2.18 bits per heavy atom. The van der Waals surface area contributed by atoms with E-state index in [4.69, 9.17) is 23.2 Å². The maximum Gasteiger partial charge on any atom is 0.238 e. The number of nitrogens with zero attached hydrogens (tertiary/aromatic N) is 3. The average molecular weight is 416 g/mol. The van der Waals surface area contributed by atoms with Crippen molar-refractivity contribution in [1.29, 1.82) is 0 Å². The molecule has 5 nitrogen and oxygen atoms in total. The Bertz CT molecular complexity index is 1010. The molecule has 2 fully saturated rings. The predicted octanol–water partition coefficient (Wildman–Crippen LogP) is 4.17. The van der Waals surface area contributed by atoms with Crippen LogP contribution in [-0.2, 0) is 16.1 Å². The van der Waals surface area contributed by atoms with E-state index in [1.165, 1.54) is 4.90 Å². The fourth-order valence-corrected chi connectivity index (χ4v) is 5.64. The van der Waals surface area contributed by atoms with Crippen molar-refractivity contribution in [3.63, 3.8) is 0 Å². The summed E-state index contributed by atoms with van der Waals surface area (Å²) in [5, 5.41) is 5.71. The Hall–Kier alpha value is -2.11. The van der Waals surface area contributed by atoms with Crippen molar-refractivity contribution in [2.45, 2.75) is 26.8 Å². The van der Waals surface area contributed by atoms with E-state index in [1.807, 2.05) is 13.8 Å². The van der Waals surface area contributed by atoms with Gasteiger partial charge in [0, 0.05) is 15.6 Å². The Labute approximate surface area is 172 Å². The molecule has 144 valence electrons. The standard InChI is InChI=1S/C21H19Cl2N3O2/c1-10-19(11(2)25(24-10)9-14-15(22)4-3-5-16(14)23)26-20(27)17-12-6-7-13(8-12)18(17)21(26)28/h3-7,12-13,17-18H,8-9H2,1-2H3/t12-,13+,17-,18+. The van der Waals surface area contributed by atoms with Gasteiger partial charge < -0.3 is 0 Å². The molecule has 1 aromatic carbocycles. The number of allylic oxidation sites excluding steroid dienone is 2. The molecule has 1 aromatic heterocycles. The minimum Gasteiger partial charge on any atom is -0.274 e. The van der Waals surface area contributed by atoms with Gasteiger partial charge in [-0.15, -0.1) is 0 Å². The minimum atomic E-state index is -0.220. The molecule has 7 heteroatoms. The van der Waals surface area contributed by atoms with Crippen molar-refractivity contribution in [1.82, 2.24) is 9.78 Å². The molecule has 2 bridgehead atoms. The van der Waals surface area contributed by atoms with Crippen LogP contribution in [0.4, 0.5) is 5.69 Å². The van der Waals surface area contributed by atoms with Crippen LogP contribution in [0.2, 0.25) is 10.0 Å². The van der Waals surface area contributed by atoms with Crippen LogP contribution < -0.4 is 4.90 Å². The Morgan fingerprint density at radius 1 is 1.04 bits per heavy atom. The summed E-state index contributed by atoms with van der Waals surface area (Å²) in [5.41, 5.74) is 2.78. The van der Waals surface area contributed by atoms with Crippen LogP contribution in [0.15, 0.2) is 30.4 Å². The maximum atomic E-state index is 13.2. The number of rotatable bonds is 3. The summed E-state index contributed by atoms with van der Waals surface area (Å²) in [7, 11) is 0. The van der Waals surface area contributed by atoms with Crippen molar-refractivity contribution in [2.24, 2.45) is 23.7 Å². The first-order chi connectivity index (χ1) is 13.4. The topological polar surface area (TPSA) is 55.2 Å². The highest BCUT2D eigenvalue weighted by Crippen LogP contribution is 2.53. The summed E-state index contributed by atoms with van der Waals surface area (Å²) in [4.78, 5) is 27.7. The van der Waals surface area contributed by atoms with Gasteiger partial charge in [-0.2, -0.15) is 5.10 Å². The largest absolute Gasteiger partial charge is 0.274 e. The molecule has 1 saturated carbocycles. The molecule has 4 atom stereocenters. The van der Waals surface area contributed by atoms with Crippen LogP contribution in [0.3, 0.4) is 0 Å². The van der Waals surface area contributed by atoms with Crippen molar-refractivity contribution < 1.29 is 9.59 Å². The first-order valence-corrected chi connectivity index (χ1v) is 10.2. The summed E-state index contributed by atoms with van der Waals surface area (Å²) in [6, 6.07) is 5.36. The van der Waals surface area contributed by atoms with Gasteiger partial charge >= 0.3 is 0 Å². The number of hydrogen-bond acceptors (Lipinski definition) is 3. The molecule has 2 heterocycles. The molecule has 28 heavy (non-hydrogen) atoms. The molecule has 0 N–H and O–H groups in total. The third kappa shape index (κ3) is 2.36. The SMILES string of the molecule is Cc1nn(Cc2c(Cl)cccc2Cl)c(C)c1N1C(=O)[C@@H]2[C@H](C1=O)[C@@H]1C=C[C@H]2C1. The highest BCUT2D eigenvalue weighted by molar-refractivity contribution is 6.36. The number of aryl methyl sites for hydroxylation is 1. The number of aromatic nitrogens is 2. The molecule has 5 rings (SSSR count). The van der Waals surface area contributed by atoms with Crippen LogP contribution in [-0.4, -0.2) is 21.6 Å². The first kappa shape index (κ1) is 18.0. The fourth-order valence-electron chi connectivity index (χ4n) is 5.12. The van der Waals surface area contributed by atoms with E-state index >= 15 is 0 Å². The van der Waals surface area contributed by atoms with E-state index < -0.39 is 0 Å². The molecule has 2 aromatic rings. The van der Waals surface area contributed by atoms with E-state index in [1.54, 1.807) is 22.9 Å². The number of halogens is 2. The van der Waals surface area contributed by atoms with Crippen LogP contribution in [0.25, 0.3) is 0 Å². The second-order valence-electron chi connectivity index (χ2n) is 7.89. The minimum absolute atomic E-state index is 0.0895. The summed E-state index contributed by atoms with van der Waals surface area (Å²) < 4.78 is 1.76. The van der Waals surface area contributed by atoms with E-state index in [-0.39, 0.29) is 35.5 Å². The molecular formula is C21H19Cl2N3O2. The fraction of sp³-hybridized carbons (Fsp3) is 0.381. The van der Waals surface area contributed by atoms with Crippen molar-refractivity contribution in [3.8, 4) is 0 Å². The number of benzene rings is 1. The Balaban J connectivity index is 1.52. The first-order valence-electron chi connectivity index (χ1n) is 9.41. The van der Waals surface area contributed by atoms with Gasteiger partial charge in [0.15, 0.2) is 0 Å². The molecule has 3 aliphatic rings. The van der Waals surface area contributed by atoms with Gasteiger partial charge in [0.2, 0.25) is 11.8 Å². The molecule has 1 saturated heterocycles. The predicted molar refractivity (Wildman–Crippen MR) is 107 cm³/mol. The number of amides is 2. The van der Waals surface area contributed by atoms with Crippen molar-refractivity contribution >= 4 is 40.7 Å². The van der Waals surface area contributed by atoms with Crippen molar-refractivity contribution in [3.05, 3.63) is 57.3 Å². The Morgan fingerprint density at radius 2 is 1.61 bits per heavy atom. The zero-order valence-electron chi connectivity index (χ0n) is 15.5. The van der Waals surface area contributed by atoms with E-state index in [2.05, 4.69) is 17.3 Å². The molecule has 0 unspecified atom stereocenters. The lowest BCUT2D eigenvalue weighted by atomic mass is 9.85. The van der Waals surface area contributed by atoms with Gasteiger partial charge in [0.1, 0.15) is 0 Å². The molecular weight excluding hydrogens is 397 g/mol. The normalized spacial score (nSPS) is 27.9. The zero-order valence-corrected chi connectivity index (χ0v) is 17.0. The monoisotopic (exact) mass is 415 g/mol. The highest BCUT2D eigenvalue weighted by atomic mass is 35.5. The van der Waals surface area contributed by atoms with Gasteiger partial charge in [0.25, 0.3) is 0 Å². The number of anilines is 1. The van der Waals surface area contributed by atoms with Gasteiger partial charge in [0.05, 0.1) is 35.5 Å². The molecule has 2 aliphatic carbocycles. The zero-order chi connectivity index (χ0) is 19.7. The van der Waals surface area contributed by atoms with Crippen LogP contribution in [0.5, 0.6) is 0 Å². The van der Waals surface area contributed by atoms with E-state index in [0.717, 1.165) is 17.7 Å². The van der Waals surface area contributed by atoms with E-state index in [0.29, 0.717) is 28.0 Å². The summed E-state index contributed by atoms with van der Waals surface area (Å²) in [6.45, 7) is 4.08. The lowest BCUT2D eigenvalue weighted by Gasteiger charge is -2.18. The molecule has 1 aliphatic heterocycles. The summed E-state index contributed by atoms with van der Waals surface area (Å²) >= 11 is 12.6. The number of imide groups is 1. The molecule has 0 radical (unpaired) electrons. The second-order valence-corrected chi connectivity index (χ2v) is 8.70. The second kappa shape index (κ2) is 6.19. The van der Waals surface area contributed by atoms with Crippen LogP contribution >= 0.6 is 23.2 Å². The molecule has 0 spiro atoms. The number of carbonyl (C=O) groups excluding carboxylic acids is 2. The van der Waals surface area contributed by atoms with Gasteiger partial charge in [-0.25, -0.2) is 4.90 Å². The third-order valence-corrected chi connectivity index (χ3v) is 7.12. The number of carbonyl (C=O) groups is 2. The van der Waals surface area contributed by atoms with E-state index in [9.17, 15) is 9.59 Å². The Kier molecular flexibility index (Phi) is 3.97. The lowest BCUT2D eigenvalue weighted by molar-refractivity contribution is -0.123. The van der Waals surface area contributed by atoms with Gasteiger partial charge in [-0.1, -0.05) is 41.4 Å². The van der Waals surface area contributed by atoms with Gasteiger partial charge in [-0.05, 0) is 44.2 Å². The lowest BCUT2D eigenvalue weighted by Crippen LogP contribution is -2.33. The average Bonchev–Trinajstić information content (AvgIpc) is 3.38. The number of fused-ring (bicyclic) bond motifs is 5. The summed E-state index contributed by atoms with van der Waals surface area (Å²) in [6.07, 6.45) is 5.12. The summed E-state index contributed by atoms with van der Waals surface area (Å²) in [5.74, 6) is -0.241. The van der Waals surface area contributed by atoms with Gasteiger partial charge in [-0.3, -0.25) is 14.3 Å². The van der Waals surface area contributed by atoms with Crippen molar-refractivity contribution in [2.75, 3.05) is 4.90 Å². The number of hydrogen-bond donors (Lipinski definition) is 0. The maximum absolute atomic E-state index is 13.2. The quantitative estimate of drug-likeness (QED) is 0.558. The molecule has 2 amide bonds. The van der Waals surface area contributed by atoms with Crippen LogP contribution in [0, 0.1) is 37.5 Å². The van der Waals surface area contributed by atoms with Crippen LogP contribution in [0.1, 0.15) is 23.4 Å². The third-order valence-electron chi connectivity index (χ3n) is 6.41. The highest BCUT2D eigenvalue weighted by Gasteiger charge is 2.60.